The monoisotopic (exact) mass is 341 g/mol. The Morgan fingerprint density at radius 1 is 1.20 bits per heavy atom. The average molecular weight is 341 g/mol. The van der Waals surface area contributed by atoms with E-state index in [4.69, 9.17) is 0 Å². The molecule has 1 fully saturated rings. The SMILES string of the molecule is Cc1cnc(N2CCc3[nH]nc(C(=O)N4CCNC(=O)C4)c3C2)nc1. The lowest BCUT2D eigenvalue weighted by molar-refractivity contribution is -0.123. The van der Waals surface area contributed by atoms with Gasteiger partial charge in [-0.2, -0.15) is 5.10 Å². The maximum Gasteiger partial charge on any atom is 0.275 e. The Morgan fingerprint density at radius 3 is 2.76 bits per heavy atom. The molecular formula is C16H19N7O2. The van der Waals surface area contributed by atoms with Crippen LogP contribution < -0.4 is 10.2 Å². The van der Waals surface area contributed by atoms with Crippen molar-refractivity contribution >= 4 is 17.8 Å². The highest BCUT2D eigenvalue weighted by Crippen LogP contribution is 2.24. The minimum atomic E-state index is -0.209. The second kappa shape index (κ2) is 6.15. The summed E-state index contributed by atoms with van der Waals surface area (Å²) in [6, 6.07) is 0. The molecule has 130 valence electrons. The number of anilines is 1. The predicted octanol–water partition coefficient (Wildman–Crippen LogP) is -0.357. The van der Waals surface area contributed by atoms with Crippen molar-refractivity contribution in [3.8, 4) is 0 Å². The normalized spacial score (nSPS) is 17.2. The quantitative estimate of drug-likeness (QED) is 0.773. The highest BCUT2D eigenvalue weighted by molar-refractivity contribution is 5.97. The van der Waals surface area contributed by atoms with E-state index in [0.29, 0.717) is 31.3 Å². The Balaban J connectivity index is 1.57. The van der Waals surface area contributed by atoms with E-state index in [0.717, 1.165) is 29.8 Å². The van der Waals surface area contributed by atoms with E-state index in [1.165, 1.54) is 4.90 Å². The minimum Gasteiger partial charge on any atom is -0.353 e. The van der Waals surface area contributed by atoms with Crippen LogP contribution >= 0.6 is 0 Å². The molecular weight excluding hydrogens is 322 g/mol. The van der Waals surface area contributed by atoms with Crippen LogP contribution in [0.1, 0.15) is 27.3 Å². The van der Waals surface area contributed by atoms with Gasteiger partial charge in [0.2, 0.25) is 11.9 Å². The molecule has 2 aromatic rings. The van der Waals surface area contributed by atoms with Crippen molar-refractivity contribution in [3.05, 3.63) is 34.9 Å². The molecule has 0 bridgehead atoms. The number of hydrogen-bond donors (Lipinski definition) is 2. The zero-order chi connectivity index (χ0) is 17.4. The van der Waals surface area contributed by atoms with Gasteiger partial charge in [-0.25, -0.2) is 9.97 Å². The Kier molecular flexibility index (Phi) is 3.83. The summed E-state index contributed by atoms with van der Waals surface area (Å²) in [7, 11) is 0. The predicted molar refractivity (Wildman–Crippen MR) is 89.0 cm³/mol. The lowest BCUT2D eigenvalue weighted by Crippen LogP contribution is -2.50. The summed E-state index contributed by atoms with van der Waals surface area (Å²) in [6.45, 7) is 4.27. The molecule has 0 spiro atoms. The molecule has 0 radical (unpaired) electrons. The van der Waals surface area contributed by atoms with Gasteiger partial charge in [-0.1, -0.05) is 0 Å². The zero-order valence-electron chi connectivity index (χ0n) is 13.9. The van der Waals surface area contributed by atoms with E-state index in [-0.39, 0.29) is 18.4 Å². The average Bonchev–Trinajstić information content (AvgIpc) is 3.05. The maximum absolute atomic E-state index is 12.8. The fraction of sp³-hybridized carbons (Fsp3) is 0.438. The number of aromatic amines is 1. The molecule has 0 saturated carbocycles. The summed E-state index contributed by atoms with van der Waals surface area (Å²) in [5, 5.41) is 9.92. The van der Waals surface area contributed by atoms with E-state index in [1.54, 1.807) is 12.4 Å². The maximum atomic E-state index is 12.8. The standard InChI is InChI=1S/C16H19N7O2/c1-10-6-18-16(19-7-10)23-4-2-12-11(8-23)14(21-20-12)15(25)22-5-3-17-13(24)9-22/h6-7H,2-5,8-9H2,1H3,(H,17,24)(H,20,21). The number of carbonyl (C=O) groups excluding carboxylic acids is 2. The van der Waals surface area contributed by atoms with Gasteiger partial charge < -0.3 is 15.1 Å². The van der Waals surface area contributed by atoms with Gasteiger partial charge in [0.1, 0.15) is 0 Å². The third-order valence-electron chi connectivity index (χ3n) is 4.51. The molecule has 4 rings (SSSR count). The second-order valence-corrected chi connectivity index (χ2v) is 6.34. The molecule has 2 amide bonds. The summed E-state index contributed by atoms with van der Waals surface area (Å²) in [5.41, 5.74) is 3.23. The Labute approximate surface area is 144 Å². The van der Waals surface area contributed by atoms with Crippen LogP contribution in [-0.2, 0) is 17.8 Å². The van der Waals surface area contributed by atoms with Gasteiger partial charge in [-0.3, -0.25) is 14.7 Å². The number of fused-ring (bicyclic) bond motifs is 1. The Morgan fingerprint density at radius 2 is 2.00 bits per heavy atom. The number of rotatable bonds is 2. The lowest BCUT2D eigenvalue weighted by Gasteiger charge is -2.29. The van der Waals surface area contributed by atoms with Crippen LogP contribution in [0.25, 0.3) is 0 Å². The van der Waals surface area contributed by atoms with Crippen LogP contribution in [0.3, 0.4) is 0 Å². The number of H-pyrrole nitrogens is 1. The van der Waals surface area contributed by atoms with Crippen LogP contribution in [-0.4, -0.2) is 63.1 Å². The molecule has 2 aromatic heterocycles. The van der Waals surface area contributed by atoms with Gasteiger partial charge in [0.25, 0.3) is 5.91 Å². The number of piperazine rings is 1. The molecule has 4 heterocycles. The van der Waals surface area contributed by atoms with Gasteiger partial charge >= 0.3 is 0 Å². The van der Waals surface area contributed by atoms with Crippen molar-refractivity contribution < 1.29 is 9.59 Å². The van der Waals surface area contributed by atoms with Crippen molar-refractivity contribution in [3.63, 3.8) is 0 Å². The van der Waals surface area contributed by atoms with Crippen LogP contribution in [0.4, 0.5) is 5.95 Å². The fourth-order valence-corrected chi connectivity index (χ4v) is 3.15. The first kappa shape index (κ1) is 15.6. The van der Waals surface area contributed by atoms with Crippen LogP contribution in [0.2, 0.25) is 0 Å². The molecule has 0 atom stereocenters. The largest absolute Gasteiger partial charge is 0.353 e. The molecule has 2 N–H and O–H groups in total. The summed E-state index contributed by atoms with van der Waals surface area (Å²) in [5.74, 6) is 0.297. The molecule has 2 aliphatic heterocycles. The zero-order valence-corrected chi connectivity index (χ0v) is 13.9. The molecule has 0 aliphatic carbocycles. The first-order valence-corrected chi connectivity index (χ1v) is 8.27. The van der Waals surface area contributed by atoms with Gasteiger partial charge in [-0.05, 0) is 12.5 Å². The molecule has 0 aromatic carbocycles. The lowest BCUT2D eigenvalue weighted by atomic mass is 10.0. The number of aryl methyl sites for hydroxylation is 1. The number of aromatic nitrogens is 4. The third-order valence-corrected chi connectivity index (χ3v) is 4.51. The Bertz CT molecular complexity index is 814. The molecule has 2 aliphatic rings. The minimum absolute atomic E-state index is 0.0747. The molecule has 9 heteroatoms. The van der Waals surface area contributed by atoms with E-state index < -0.39 is 0 Å². The molecule has 25 heavy (non-hydrogen) atoms. The van der Waals surface area contributed by atoms with Gasteiger partial charge in [0, 0.05) is 49.7 Å². The van der Waals surface area contributed by atoms with Crippen molar-refractivity contribution in [1.82, 2.24) is 30.4 Å². The summed E-state index contributed by atoms with van der Waals surface area (Å²) >= 11 is 0. The molecule has 9 nitrogen and oxygen atoms in total. The Hall–Kier alpha value is -2.97. The van der Waals surface area contributed by atoms with Crippen molar-refractivity contribution in [2.75, 3.05) is 31.1 Å². The first-order valence-electron chi connectivity index (χ1n) is 8.27. The van der Waals surface area contributed by atoms with E-state index in [9.17, 15) is 9.59 Å². The number of nitrogens with one attached hydrogen (secondary N) is 2. The van der Waals surface area contributed by atoms with Gasteiger partial charge in [-0.15, -0.1) is 0 Å². The van der Waals surface area contributed by atoms with E-state index in [2.05, 4.69) is 25.5 Å². The van der Waals surface area contributed by atoms with Crippen LogP contribution in [0.5, 0.6) is 0 Å². The second-order valence-electron chi connectivity index (χ2n) is 6.34. The highest BCUT2D eigenvalue weighted by atomic mass is 16.2. The van der Waals surface area contributed by atoms with E-state index in [1.807, 2.05) is 11.8 Å². The van der Waals surface area contributed by atoms with E-state index >= 15 is 0 Å². The van der Waals surface area contributed by atoms with Crippen LogP contribution in [0, 0.1) is 6.92 Å². The summed E-state index contributed by atoms with van der Waals surface area (Å²) < 4.78 is 0. The van der Waals surface area contributed by atoms with Crippen molar-refractivity contribution in [2.24, 2.45) is 0 Å². The fourth-order valence-electron chi connectivity index (χ4n) is 3.15. The highest BCUT2D eigenvalue weighted by Gasteiger charge is 2.30. The number of carbonyl (C=O) groups is 2. The number of amides is 2. The summed E-state index contributed by atoms with van der Waals surface area (Å²) in [4.78, 5) is 36.6. The van der Waals surface area contributed by atoms with Gasteiger partial charge in [0.05, 0.1) is 13.1 Å². The third kappa shape index (κ3) is 2.92. The van der Waals surface area contributed by atoms with Crippen molar-refractivity contribution in [2.45, 2.75) is 19.9 Å². The molecule has 0 unspecified atom stereocenters. The smallest absolute Gasteiger partial charge is 0.275 e. The number of nitrogens with zero attached hydrogens (tertiary/aromatic N) is 5. The van der Waals surface area contributed by atoms with Gasteiger partial charge in [0.15, 0.2) is 5.69 Å². The van der Waals surface area contributed by atoms with Crippen molar-refractivity contribution in [1.29, 1.82) is 0 Å². The number of hydrogen-bond acceptors (Lipinski definition) is 6. The van der Waals surface area contributed by atoms with Crippen LogP contribution in [0.15, 0.2) is 12.4 Å². The first-order chi connectivity index (χ1) is 12.1. The molecule has 1 saturated heterocycles. The summed E-state index contributed by atoms with van der Waals surface area (Å²) in [6.07, 6.45) is 4.31. The topological polar surface area (TPSA) is 107 Å².